The van der Waals surface area contributed by atoms with Crippen LogP contribution in [0.4, 0.5) is 0 Å². The summed E-state index contributed by atoms with van der Waals surface area (Å²) in [5.74, 6) is 0.858. The van der Waals surface area contributed by atoms with Gasteiger partial charge in [0.2, 0.25) is 0 Å². The maximum atomic E-state index is 11.9. The van der Waals surface area contributed by atoms with Crippen LogP contribution in [0.1, 0.15) is 16.7 Å². The van der Waals surface area contributed by atoms with E-state index in [0.29, 0.717) is 18.0 Å². The number of aryl methyl sites for hydroxylation is 1. The summed E-state index contributed by atoms with van der Waals surface area (Å²) in [6.07, 6.45) is 1.63. The SMILES string of the molecule is CCc1ccc(CC(=O)CSc2ccccc2)s1. The zero-order chi connectivity index (χ0) is 12.8. The van der Waals surface area contributed by atoms with Crippen molar-refractivity contribution in [1.82, 2.24) is 0 Å². The number of rotatable bonds is 6. The molecule has 0 spiro atoms. The first-order valence-corrected chi connectivity index (χ1v) is 7.85. The van der Waals surface area contributed by atoms with Gasteiger partial charge in [-0.15, -0.1) is 23.1 Å². The summed E-state index contributed by atoms with van der Waals surface area (Å²) in [5, 5.41) is 0. The van der Waals surface area contributed by atoms with Crippen LogP contribution in [-0.4, -0.2) is 11.5 Å². The number of carbonyl (C=O) groups is 1. The normalized spacial score (nSPS) is 10.5. The number of Topliss-reactive ketones (excluding diaryl/α,β-unsaturated/α-hetero) is 1. The molecular weight excluding hydrogens is 260 g/mol. The Kier molecular flexibility index (Phi) is 5.02. The van der Waals surface area contributed by atoms with Gasteiger partial charge in [-0.25, -0.2) is 0 Å². The van der Waals surface area contributed by atoms with Gasteiger partial charge in [-0.1, -0.05) is 25.1 Å². The van der Waals surface area contributed by atoms with Gasteiger partial charge in [0.05, 0.1) is 5.75 Å². The number of carbonyl (C=O) groups excluding carboxylic acids is 1. The summed E-state index contributed by atoms with van der Waals surface area (Å²) in [6.45, 7) is 2.14. The minimum Gasteiger partial charge on any atom is -0.298 e. The van der Waals surface area contributed by atoms with Crippen LogP contribution in [0.5, 0.6) is 0 Å². The van der Waals surface area contributed by atoms with E-state index in [1.165, 1.54) is 9.75 Å². The molecule has 0 atom stereocenters. The fraction of sp³-hybridized carbons (Fsp3) is 0.267. The fourth-order valence-electron chi connectivity index (χ4n) is 1.63. The van der Waals surface area contributed by atoms with Crippen LogP contribution in [-0.2, 0) is 17.6 Å². The lowest BCUT2D eigenvalue weighted by molar-refractivity contribution is -0.115. The molecule has 0 aliphatic heterocycles. The first kappa shape index (κ1) is 13.4. The van der Waals surface area contributed by atoms with Gasteiger partial charge in [-0.2, -0.15) is 0 Å². The average Bonchev–Trinajstić information content (AvgIpc) is 2.85. The first-order chi connectivity index (χ1) is 8.78. The summed E-state index contributed by atoms with van der Waals surface area (Å²) in [4.78, 5) is 15.6. The third-order valence-corrected chi connectivity index (χ3v) is 4.88. The molecule has 2 aromatic rings. The van der Waals surface area contributed by atoms with Crippen molar-refractivity contribution >= 4 is 28.9 Å². The molecule has 0 aliphatic rings. The number of ketones is 1. The molecule has 0 unspecified atom stereocenters. The predicted molar refractivity (Wildman–Crippen MR) is 79.6 cm³/mol. The summed E-state index contributed by atoms with van der Waals surface area (Å²) in [5.41, 5.74) is 0. The van der Waals surface area contributed by atoms with E-state index in [0.717, 1.165) is 11.3 Å². The topological polar surface area (TPSA) is 17.1 Å². The Hall–Kier alpha value is -1.06. The monoisotopic (exact) mass is 276 g/mol. The largest absolute Gasteiger partial charge is 0.298 e. The number of hydrogen-bond donors (Lipinski definition) is 0. The Balaban J connectivity index is 1.82. The molecule has 1 aromatic carbocycles. The number of thioether (sulfide) groups is 1. The molecule has 0 amide bonds. The van der Waals surface area contributed by atoms with Crippen molar-refractivity contribution in [3.8, 4) is 0 Å². The lowest BCUT2D eigenvalue weighted by atomic mass is 10.2. The van der Waals surface area contributed by atoms with Crippen molar-refractivity contribution < 1.29 is 4.79 Å². The lowest BCUT2D eigenvalue weighted by Crippen LogP contribution is -2.04. The van der Waals surface area contributed by atoms with Gasteiger partial charge in [0, 0.05) is 21.1 Å². The Bertz CT molecular complexity index is 502. The van der Waals surface area contributed by atoms with E-state index in [9.17, 15) is 4.79 Å². The molecule has 0 N–H and O–H groups in total. The van der Waals surface area contributed by atoms with Gasteiger partial charge in [-0.05, 0) is 30.7 Å². The molecule has 0 aliphatic carbocycles. The van der Waals surface area contributed by atoms with Gasteiger partial charge >= 0.3 is 0 Å². The minimum absolute atomic E-state index is 0.299. The van der Waals surface area contributed by atoms with Crippen molar-refractivity contribution in [3.63, 3.8) is 0 Å². The van der Waals surface area contributed by atoms with Crippen LogP contribution in [0.25, 0.3) is 0 Å². The smallest absolute Gasteiger partial charge is 0.148 e. The Morgan fingerprint density at radius 1 is 1.11 bits per heavy atom. The Labute approximate surface area is 116 Å². The molecule has 0 bridgehead atoms. The van der Waals surface area contributed by atoms with E-state index in [-0.39, 0.29) is 0 Å². The van der Waals surface area contributed by atoms with Crippen LogP contribution in [0, 0.1) is 0 Å². The summed E-state index contributed by atoms with van der Waals surface area (Å²) < 4.78 is 0. The zero-order valence-electron chi connectivity index (χ0n) is 10.4. The molecular formula is C15H16OS2. The van der Waals surface area contributed by atoms with Crippen LogP contribution in [0.3, 0.4) is 0 Å². The van der Waals surface area contributed by atoms with Gasteiger partial charge in [-0.3, -0.25) is 4.79 Å². The third kappa shape index (κ3) is 4.00. The standard InChI is InChI=1S/C15H16OS2/c1-2-13-8-9-15(18-13)10-12(16)11-17-14-6-4-3-5-7-14/h3-9H,2,10-11H2,1H3. The Morgan fingerprint density at radius 3 is 2.50 bits per heavy atom. The van der Waals surface area contributed by atoms with E-state index in [1.54, 1.807) is 23.1 Å². The maximum absolute atomic E-state index is 11.9. The van der Waals surface area contributed by atoms with E-state index in [1.807, 2.05) is 30.3 Å². The highest BCUT2D eigenvalue weighted by molar-refractivity contribution is 8.00. The van der Waals surface area contributed by atoms with E-state index < -0.39 is 0 Å². The molecule has 1 heterocycles. The summed E-state index contributed by atoms with van der Waals surface area (Å²) >= 11 is 3.37. The van der Waals surface area contributed by atoms with Crippen LogP contribution >= 0.6 is 23.1 Å². The highest BCUT2D eigenvalue weighted by atomic mass is 32.2. The summed E-state index contributed by atoms with van der Waals surface area (Å²) in [7, 11) is 0. The number of thiophene rings is 1. The second kappa shape index (κ2) is 6.76. The highest BCUT2D eigenvalue weighted by Gasteiger charge is 2.07. The van der Waals surface area contributed by atoms with Crippen molar-refractivity contribution in [2.24, 2.45) is 0 Å². The fourth-order valence-corrected chi connectivity index (χ4v) is 3.40. The lowest BCUT2D eigenvalue weighted by Gasteiger charge is -2.00. The van der Waals surface area contributed by atoms with Crippen LogP contribution in [0.15, 0.2) is 47.4 Å². The first-order valence-electron chi connectivity index (χ1n) is 6.05. The zero-order valence-corrected chi connectivity index (χ0v) is 12.0. The predicted octanol–water partition coefficient (Wildman–Crippen LogP) is 4.21. The molecule has 2 rings (SSSR count). The Morgan fingerprint density at radius 2 is 1.83 bits per heavy atom. The van der Waals surface area contributed by atoms with E-state index in [2.05, 4.69) is 19.1 Å². The average molecular weight is 276 g/mol. The molecule has 0 fully saturated rings. The molecule has 3 heteroatoms. The van der Waals surface area contributed by atoms with Gasteiger partial charge in [0.1, 0.15) is 5.78 Å². The molecule has 94 valence electrons. The number of hydrogen-bond acceptors (Lipinski definition) is 3. The van der Waals surface area contributed by atoms with Gasteiger partial charge in [0.25, 0.3) is 0 Å². The van der Waals surface area contributed by atoms with Gasteiger partial charge in [0.15, 0.2) is 0 Å². The van der Waals surface area contributed by atoms with Crippen molar-refractivity contribution in [3.05, 3.63) is 52.2 Å². The highest BCUT2D eigenvalue weighted by Crippen LogP contribution is 2.20. The summed E-state index contributed by atoms with van der Waals surface area (Å²) in [6, 6.07) is 14.3. The van der Waals surface area contributed by atoms with E-state index in [4.69, 9.17) is 0 Å². The van der Waals surface area contributed by atoms with Crippen LogP contribution in [0.2, 0.25) is 0 Å². The third-order valence-electron chi connectivity index (χ3n) is 2.58. The molecule has 0 saturated carbocycles. The molecule has 1 nitrogen and oxygen atoms in total. The second-order valence-electron chi connectivity index (χ2n) is 4.04. The minimum atomic E-state index is 0.299. The quantitative estimate of drug-likeness (QED) is 0.735. The molecule has 0 radical (unpaired) electrons. The molecule has 1 aromatic heterocycles. The molecule has 18 heavy (non-hydrogen) atoms. The van der Waals surface area contributed by atoms with Crippen molar-refractivity contribution in [2.45, 2.75) is 24.7 Å². The number of benzene rings is 1. The van der Waals surface area contributed by atoms with E-state index >= 15 is 0 Å². The van der Waals surface area contributed by atoms with Crippen molar-refractivity contribution in [2.75, 3.05) is 5.75 Å². The van der Waals surface area contributed by atoms with Gasteiger partial charge < -0.3 is 0 Å². The van der Waals surface area contributed by atoms with Crippen molar-refractivity contribution in [1.29, 1.82) is 0 Å². The van der Waals surface area contributed by atoms with Crippen LogP contribution < -0.4 is 0 Å². The maximum Gasteiger partial charge on any atom is 0.148 e. The second-order valence-corrected chi connectivity index (χ2v) is 6.34. The molecule has 0 saturated heterocycles.